The molecular formula is C14H20N2O2. The van der Waals surface area contributed by atoms with Gasteiger partial charge in [0.2, 0.25) is 5.91 Å². The molecule has 0 atom stereocenters. The van der Waals surface area contributed by atoms with E-state index in [1.165, 1.54) is 12.8 Å². The minimum atomic E-state index is -0.0695. The van der Waals surface area contributed by atoms with E-state index in [1.54, 1.807) is 0 Å². The minimum absolute atomic E-state index is 0.0695. The second kappa shape index (κ2) is 6.40. The van der Waals surface area contributed by atoms with Gasteiger partial charge in [-0.05, 0) is 37.8 Å². The van der Waals surface area contributed by atoms with Gasteiger partial charge in [-0.2, -0.15) is 0 Å². The van der Waals surface area contributed by atoms with Crippen molar-refractivity contribution in [3.05, 3.63) is 24.3 Å². The molecule has 98 valence electrons. The van der Waals surface area contributed by atoms with E-state index < -0.39 is 0 Å². The van der Waals surface area contributed by atoms with Gasteiger partial charge in [-0.15, -0.1) is 0 Å². The van der Waals surface area contributed by atoms with E-state index in [-0.39, 0.29) is 12.0 Å². The Kier molecular flexibility index (Phi) is 4.59. The van der Waals surface area contributed by atoms with Crippen LogP contribution in [0.5, 0.6) is 5.75 Å². The lowest BCUT2D eigenvalue weighted by Crippen LogP contribution is -2.18. The number of amides is 1. The molecule has 1 aliphatic carbocycles. The third kappa shape index (κ3) is 3.47. The second-order valence-electron chi connectivity index (χ2n) is 4.61. The zero-order valence-corrected chi connectivity index (χ0v) is 10.5. The topological polar surface area (TPSA) is 64.4 Å². The number of ether oxygens (including phenoxy) is 1. The van der Waals surface area contributed by atoms with Crippen molar-refractivity contribution >= 4 is 11.6 Å². The molecule has 1 saturated carbocycles. The number of nitrogens with two attached hydrogens (primary N) is 1. The Hall–Kier alpha value is -1.55. The molecule has 0 aliphatic heterocycles. The van der Waals surface area contributed by atoms with Crippen molar-refractivity contribution in [2.45, 2.75) is 38.2 Å². The molecular weight excluding hydrogens is 228 g/mol. The summed E-state index contributed by atoms with van der Waals surface area (Å²) in [6.45, 7) is 0.359. The van der Waals surface area contributed by atoms with Crippen LogP contribution in [0.1, 0.15) is 32.1 Å². The Morgan fingerprint density at radius 2 is 2.06 bits per heavy atom. The number of carbonyl (C=O) groups is 1. The van der Waals surface area contributed by atoms with Gasteiger partial charge in [0.1, 0.15) is 5.75 Å². The molecule has 2 rings (SSSR count). The lowest BCUT2D eigenvalue weighted by molar-refractivity contribution is -0.116. The molecule has 3 N–H and O–H groups in total. The van der Waals surface area contributed by atoms with Crippen LogP contribution in [-0.2, 0) is 4.79 Å². The summed E-state index contributed by atoms with van der Waals surface area (Å²) in [5.41, 5.74) is 6.10. The minimum Gasteiger partial charge on any atom is -0.488 e. The van der Waals surface area contributed by atoms with Crippen LogP contribution in [0.25, 0.3) is 0 Å². The van der Waals surface area contributed by atoms with E-state index >= 15 is 0 Å². The van der Waals surface area contributed by atoms with Crippen molar-refractivity contribution in [2.75, 3.05) is 11.9 Å². The van der Waals surface area contributed by atoms with Gasteiger partial charge >= 0.3 is 0 Å². The lowest BCUT2D eigenvalue weighted by Gasteiger charge is -2.16. The van der Waals surface area contributed by atoms with Crippen LogP contribution in [0.2, 0.25) is 0 Å². The van der Waals surface area contributed by atoms with Crippen molar-refractivity contribution in [3.63, 3.8) is 0 Å². The zero-order chi connectivity index (χ0) is 12.8. The fraction of sp³-hybridized carbons (Fsp3) is 0.500. The normalized spacial score (nSPS) is 15.6. The summed E-state index contributed by atoms with van der Waals surface area (Å²) in [6, 6.07) is 7.57. The van der Waals surface area contributed by atoms with E-state index in [9.17, 15) is 4.79 Å². The van der Waals surface area contributed by atoms with Crippen LogP contribution >= 0.6 is 0 Å². The van der Waals surface area contributed by atoms with E-state index in [1.807, 2.05) is 24.3 Å². The summed E-state index contributed by atoms with van der Waals surface area (Å²) in [5, 5.41) is 2.84. The molecule has 4 heteroatoms. The predicted molar refractivity (Wildman–Crippen MR) is 71.6 cm³/mol. The summed E-state index contributed by atoms with van der Waals surface area (Å²) in [7, 11) is 0. The molecule has 1 amide bonds. The fourth-order valence-electron chi connectivity index (χ4n) is 2.20. The van der Waals surface area contributed by atoms with Gasteiger partial charge in [0.05, 0.1) is 11.8 Å². The standard InChI is InChI=1S/C14H20N2O2/c15-10-9-14(17)16-12-7-3-4-8-13(12)18-11-5-1-2-6-11/h3-4,7-8,11H,1-2,5-6,9-10,15H2,(H,16,17). The third-order valence-corrected chi connectivity index (χ3v) is 3.13. The van der Waals surface area contributed by atoms with Crippen LogP contribution in [-0.4, -0.2) is 18.6 Å². The van der Waals surface area contributed by atoms with Gasteiger partial charge in [-0.25, -0.2) is 0 Å². The van der Waals surface area contributed by atoms with Crippen LogP contribution in [0, 0.1) is 0 Å². The molecule has 1 fully saturated rings. The predicted octanol–water partition coefficient (Wildman–Crippen LogP) is 2.30. The molecule has 4 nitrogen and oxygen atoms in total. The highest BCUT2D eigenvalue weighted by atomic mass is 16.5. The number of hydrogen-bond acceptors (Lipinski definition) is 3. The lowest BCUT2D eigenvalue weighted by atomic mass is 10.2. The number of rotatable bonds is 5. The summed E-state index contributed by atoms with van der Waals surface area (Å²) >= 11 is 0. The highest BCUT2D eigenvalue weighted by Gasteiger charge is 2.18. The van der Waals surface area contributed by atoms with Gasteiger partial charge < -0.3 is 15.8 Å². The van der Waals surface area contributed by atoms with Crippen molar-refractivity contribution < 1.29 is 9.53 Å². The van der Waals surface area contributed by atoms with E-state index in [0.29, 0.717) is 13.0 Å². The van der Waals surface area contributed by atoms with Crippen molar-refractivity contribution in [3.8, 4) is 5.75 Å². The van der Waals surface area contributed by atoms with Gasteiger partial charge in [0.25, 0.3) is 0 Å². The Balaban J connectivity index is 2.02. The van der Waals surface area contributed by atoms with E-state index in [2.05, 4.69) is 5.32 Å². The summed E-state index contributed by atoms with van der Waals surface area (Å²) in [4.78, 5) is 11.6. The van der Waals surface area contributed by atoms with Gasteiger partial charge in [0.15, 0.2) is 0 Å². The largest absolute Gasteiger partial charge is 0.488 e. The first-order valence-electron chi connectivity index (χ1n) is 6.55. The monoisotopic (exact) mass is 248 g/mol. The molecule has 18 heavy (non-hydrogen) atoms. The fourth-order valence-corrected chi connectivity index (χ4v) is 2.20. The van der Waals surface area contributed by atoms with Crippen LogP contribution < -0.4 is 15.8 Å². The number of benzene rings is 1. The average Bonchev–Trinajstić information content (AvgIpc) is 2.85. The second-order valence-corrected chi connectivity index (χ2v) is 4.61. The van der Waals surface area contributed by atoms with Crippen molar-refractivity contribution in [2.24, 2.45) is 5.73 Å². The van der Waals surface area contributed by atoms with Crippen LogP contribution in [0.3, 0.4) is 0 Å². The van der Waals surface area contributed by atoms with E-state index in [4.69, 9.17) is 10.5 Å². The number of nitrogens with one attached hydrogen (secondary N) is 1. The molecule has 0 unspecified atom stereocenters. The average molecular weight is 248 g/mol. The molecule has 0 aromatic heterocycles. The molecule has 0 bridgehead atoms. The van der Waals surface area contributed by atoms with Crippen LogP contribution in [0.15, 0.2) is 24.3 Å². The summed E-state index contributed by atoms with van der Waals surface area (Å²) in [6.07, 6.45) is 5.28. The number of anilines is 1. The smallest absolute Gasteiger partial charge is 0.225 e. The first kappa shape index (κ1) is 12.9. The molecule has 0 radical (unpaired) electrons. The first-order valence-corrected chi connectivity index (χ1v) is 6.55. The molecule has 0 spiro atoms. The molecule has 1 aliphatic rings. The zero-order valence-electron chi connectivity index (χ0n) is 10.5. The van der Waals surface area contributed by atoms with Gasteiger partial charge in [-0.1, -0.05) is 12.1 Å². The first-order chi connectivity index (χ1) is 8.79. The Morgan fingerprint density at radius 1 is 1.33 bits per heavy atom. The van der Waals surface area contributed by atoms with Gasteiger partial charge in [-0.3, -0.25) is 4.79 Å². The Labute approximate surface area is 108 Å². The maximum Gasteiger partial charge on any atom is 0.225 e. The molecule has 0 heterocycles. The molecule has 1 aromatic rings. The van der Waals surface area contributed by atoms with Gasteiger partial charge in [0, 0.05) is 13.0 Å². The molecule has 0 saturated heterocycles. The van der Waals surface area contributed by atoms with Crippen molar-refractivity contribution in [1.82, 2.24) is 0 Å². The summed E-state index contributed by atoms with van der Waals surface area (Å²) in [5.74, 6) is 0.690. The number of para-hydroxylation sites is 2. The highest BCUT2D eigenvalue weighted by molar-refractivity contribution is 5.92. The van der Waals surface area contributed by atoms with E-state index in [0.717, 1.165) is 24.3 Å². The Bertz CT molecular complexity index is 401. The highest BCUT2D eigenvalue weighted by Crippen LogP contribution is 2.29. The van der Waals surface area contributed by atoms with Crippen molar-refractivity contribution in [1.29, 1.82) is 0 Å². The maximum atomic E-state index is 11.6. The number of carbonyl (C=O) groups excluding carboxylic acids is 1. The third-order valence-electron chi connectivity index (χ3n) is 3.13. The van der Waals surface area contributed by atoms with Crippen LogP contribution in [0.4, 0.5) is 5.69 Å². The quantitative estimate of drug-likeness (QED) is 0.840. The molecule has 1 aromatic carbocycles. The maximum absolute atomic E-state index is 11.6. The summed E-state index contributed by atoms with van der Waals surface area (Å²) < 4.78 is 5.94. The Morgan fingerprint density at radius 3 is 2.78 bits per heavy atom. The number of hydrogen-bond donors (Lipinski definition) is 2. The SMILES string of the molecule is NCCC(=O)Nc1ccccc1OC1CCCC1.